The van der Waals surface area contributed by atoms with Crippen molar-refractivity contribution in [3.05, 3.63) is 58.4 Å². The average Bonchev–Trinajstić information content (AvgIpc) is 2.94. The Hall–Kier alpha value is -2.36. The van der Waals surface area contributed by atoms with E-state index in [9.17, 15) is 4.79 Å². The molecule has 1 unspecified atom stereocenters. The molecule has 4 heteroatoms. The predicted molar refractivity (Wildman–Crippen MR) is 94.9 cm³/mol. The lowest BCUT2D eigenvalue weighted by Crippen LogP contribution is -2.41. The molecule has 0 fully saturated rings. The van der Waals surface area contributed by atoms with Gasteiger partial charge in [0.2, 0.25) is 0 Å². The molecule has 1 atom stereocenters. The Morgan fingerprint density at radius 2 is 1.96 bits per heavy atom. The first-order valence-electron chi connectivity index (χ1n) is 8.46. The normalized spacial score (nSPS) is 25.1. The van der Waals surface area contributed by atoms with E-state index < -0.39 is 5.41 Å². The summed E-state index contributed by atoms with van der Waals surface area (Å²) in [5.41, 5.74) is 4.84. The maximum atomic E-state index is 13.1. The summed E-state index contributed by atoms with van der Waals surface area (Å²) >= 11 is 0. The van der Waals surface area contributed by atoms with Gasteiger partial charge in [0.1, 0.15) is 5.82 Å². The third kappa shape index (κ3) is 2.05. The Morgan fingerprint density at radius 3 is 2.71 bits per heavy atom. The van der Waals surface area contributed by atoms with E-state index in [1.807, 2.05) is 6.20 Å². The van der Waals surface area contributed by atoms with Gasteiger partial charge in [-0.2, -0.15) is 5.10 Å². The number of Topliss-reactive ketones (excluding diaryl/α,β-unsaturated/α-hetero) is 1. The highest BCUT2D eigenvalue weighted by Crippen LogP contribution is 2.51. The molecule has 124 valence electrons. The molecule has 2 aromatic rings. The van der Waals surface area contributed by atoms with E-state index in [0.29, 0.717) is 6.42 Å². The second kappa shape index (κ2) is 4.82. The maximum absolute atomic E-state index is 13.1. The third-order valence-corrected chi connectivity index (χ3v) is 5.42. The highest BCUT2D eigenvalue weighted by atomic mass is 16.1. The average molecular weight is 321 g/mol. The molecule has 0 spiro atoms. The summed E-state index contributed by atoms with van der Waals surface area (Å²) in [7, 11) is 0. The molecule has 0 bridgehead atoms. The number of hydrogen-bond acceptors (Lipinski definition) is 3. The van der Waals surface area contributed by atoms with Gasteiger partial charge >= 0.3 is 0 Å². The summed E-state index contributed by atoms with van der Waals surface area (Å²) in [6.07, 6.45) is 3.30. The zero-order chi connectivity index (χ0) is 17.1. The van der Waals surface area contributed by atoms with Crippen LogP contribution in [0.4, 0.5) is 5.82 Å². The molecule has 4 rings (SSSR count). The number of carbonyl (C=O) groups excluding carboxylic acids is 1. The SMILES string of the molecule is Cc1cccc(C2(C)C3=C(CC(C)(C)CC3=O)Nc3[nH]ncc32)c1. The Bertz CT molecular complexity index is 875. The molecule has 2 heterocycles. The van der Waals surface area contributed by atoms with Gasteiger partial charge in [-0.05, 0) is 31.2 Å². The van der Waals surface area contributed by atoms with Crippen LogP contribution < -0.4 is 5.32 Å². The minimum atomic E-state index is -0.470. The Labute approximate surface area is 142 Å². The molecule has 1 aliphatic heterocycles. The third-order valence-electron chi connectivity index (χ3n) is 5.42. The van der Waals surface area contributed by atoms with Crippen LogP contribution >= 0.6 is 0 Å². The van der Waals surface area contributed by atoms with E-state index in [-0.39, 0.29) is 11.2 Å². The number of aryl methyl sites for hydroxylation is 1. The minimum Gasteiger partial charge on any atom is -0.343 e. The number of aromatic amines is 1. The molecule has 0 amide bonds. The van der Waals surface area contributed by atoms with Crippen molar-refractivity contribution in [1.82, 2.24) is 10.2 Å². The van der Waals surface area contributed by atoms with Crippen LogP contribution in [0.25, 0.3) is 0 Å². The number of hydrogen-bond donors (Lipinski definition) is 2. The fourth-order valence-corrected chi connectivity index (χ4v) is 4.31. The number of ketones is 1. The van der Waals surface area contributed by atoms with Gasteiger partial charge < -0.3 is 5.32 Å². The number of aromatic nitrogens is 2. The van der Waals surface area contributed by atoms with Gasteiger partial charge in [-0.25, -0.2) is 0 Å². The van der Waals surface area contributed by atoms with E-state index in [1.165, 1.54) is 5.56 Å². The van der Waals surface area contributed by atoms with Gasteiger partial charge in [-0.15, -0.1) is 0 Å². The molecule has 2 aliphatic rings. The molecule has 2 N–H and O–H groups in total. The largest absolute Gasteiger partial charge is 0.343 e. The smallest absolute Gasteiger partial charge is 0.162 e. The van der Waals surface area contributed by atoms with Crippen LogP contribution in [0, 0.1) is 12.3 Å². The Balaban J connectivity index is 2.00. The van der Waals surface area contributed by atoms with E-state index >= 15 is 0 Å². The highest BCUT2D eigenvalue weighted by molar-refractivity contribution is 6.02. The molecule has 4 nitrogen and oxygen atoms in total. The highest BCUT2D eigenvalue weighted by Gasteiger charge is 2.48. The molecule has 0 saturated carbocycles. The molecule has 0 saturated heterocycles. The summed E-state index contributed by atoms with van der Waals surface area (Å²) in [6.45, 7) is 8.56. The molecule has 1 aliphatic carbocycles. The van der Waals surface area contributed by atoms with Crippen LogP contribution in [0.15, 0.2) is 41.7 Å². The van der Waals surface area contributed by atoms with Crippen LogP contribution in [0.3, 0.4) is 0 Å². The van der Waals surface area contributed by atoms with Gasteiger partial charge in [0.25, 0.3) is 0 Å². The summed E-state index contributed by atoms with van der Waals surface area (Å²) in [4.78, 5) is 13.1. The van der Waals surface area contributed by atoms with Gasteiger partial charge in [0.15, 0.2) is 5.78 Å². The fourth-order valence-electron chi connectivity index (χ4n) is 4.31. The molecule has 24 heavy (non-hydrogen) atoms. The van der Waals surface area contributed by atoms with Crippen LogP contribution in [0.2, 0.25) is 0 Å². The number of nitrogens with one attached hydrogen (secondary N) is 2. The Kier molecular flexibility index (Phi) is 3.05. The van der Waals surface area contributed by atoms with Crippen LogP contribution in [-0.2, 0) is 10.2 Å². The van der Waals surface area contributed by atoms with E-state index in [0.717, 1.165) is 34.6 Å². The number of rotatable bonds is 1. The van der Waals surface area contributed by atoms with Crippen LogP contribution in [0.5, 0.6) is 0 Å². The predicted octanol–water partition coefficient (Wildman–Crippen LogP) is 4.09. The number of carbonyl (C=O) groups is 1. The van der Waals surface area contributed by atoms with Gasteiger partial charge in [0.05, 0.1) is 11.6 Å². The van der Waals surface area contributed by atoms with E-state index in [2.05, 4.69) is 67.5 Å². The number of benzene rings is 1. The van der Waals surface area contributed by atoms with Crippen molar-refractivity contribution in [2.45, 2.75) is 46.0 Å². The first-order valence-corrected chi connectivity index (χ1v) is 8.46. The van der Waals surface area contributed by atoms with Gasteiger partial charge in [0, 0.05) is 23.3 Å². The summed E-state index contributed by atoms with van der Waals surface area (Å²) in [6, 6.07) is 8.45. The first kappa shape index (κ1) is 15.2. The number of H-pyrrole nitrogens is 1. The monoisotopic (exact) mass is 321 g/mol. The topological polar surface area (TPSA) is 57.8 Å². The second-order valence-corrected chi connectivity index (χ2v) is 8.07. The lowest BCUT2D eigenvalue weighted by molar-refractivity contribution is -0.118. The van der Waals surface area contributed by atoms with E-state index in [1.54, 1.807) is 0 Å². The molecular formula is C20H23N3O. The number of allylic oxidation sites excluding steroid dienone is 2. The van der Waals surface area contributed by atoms with Crippen molar-refractivity contribution >= 4 is 11.6 Å². The van der Waals surface area contributed by atoms with Gasteiger partial charge in [-0.1, -0.05) is 43.7 Å². The zero-order valence-corrected chi connectivity index (χ0v) is 14.7. The quantitative estimate of drug-likeness (QED) is 0.831. The standard InChI is InChI=1S/C20H23N3O/c1-12-6-5-7-13(8-12)20(4)14-11-21-23-18(14)22-15-9-19(2,3)10-16(24)17(15)20/h5-8,11H,9-10H2,1-4H3,(H2,21,22,23). The van der Waals surface area contributed by atoms with Crippen molar-refractivity contribution in [1.29, 1.82) is 0 Å². The zero-order valence-electron chi connectivity index (χ0n) is 14.7. The van der Waals surface area contributed by atoms with Crippen molar-refractivity contribution < 1.29 is 4.79 Å². The summed E-state index contributed by atoms with van der Waals surface area (Å²) in [5, 5.41) is 10.8. The van der Waals surface area contributed by atoms with Crippen molar-refractivity contribution in [3.63, 3.8) is 0 Å². The van der Waals surface area contributed by atoms with Crippen LogP contribution in [-0.4, -0.2) is 16.0 Å². The summed E-state index contributed by atoms with van der Waals surface area (Å²) in [5.74, 6) is 1.15. The number of fused-ring (bicyclic) bond motifs is 1. The van der Waals surface area contributed by atoms with E-state index in [4.69, 9.17) is 0 Å². The fraction of sp³-hybridized carbons (Fsp3) is 0.400. The molecule has 0 radical (unpaired) electrons. The van der Waals surface area contributed by atoms with Crippen molar-refractivity contribution in [3.8, 4) is 0 Å². The minimum absolute atomic E-state index is 0.0199. The number of anilines is 1. The molecule has 1 aromatic heterocycles. The Morgan fingerprint density at radius 1 is 1.17 bits per heavy atom. The number of nitrogens with zero attached hydrogens (tertiary/aromatic N) is 1. The van der Waals surface area contributed by atoms with Crippen LogP contribution in [0.1, 0.15) is 50.3 Å². The van der Waals surface area contributed by atoms with Crippen molar-refractivity contribution in [2.24, 2.45) is 5.41 Å². The second-order valence-electron chi connectivity index (χ2n) is 8.07. The summed E-state index contributed by atoms with van der Waals surface area (Å²) < 4.78 is 0. The molecule has 1 aromatic carbocycles. The first-order chi connectivity index (χ1) is 11.3. The van der Waals surface area contributed by atoms with Gasteiger partial charge in [-0.3, -0.25) is 9.89 Å². The lowest BCUT2D eigenvalue weighted by Gasteiger charge is -2.43. The van der Waals surface area contributed by atoms with Crippen molar-refractivity contribution in [2.75, 3.05) is 5.32 Å². The lowest BCUT2D eigenvalue weighted by atomic mass is 9.62. The molecular weight excluding hydrogens is 298 g/mol. The maximum Gasteiger partial charge on any atom is 0.162 e.